The van der Waals surface area contributed by atoms with Gasteiger partial charge in [-0.15, -0.1) is 0 Å². The number of hydrogen-bond donors (Lipinski definition) is 0. The molecule has 7 atom stereocenters. The van der Waals surface area contributed by atoms with Gasteiger partial charge in [0, 0.05) is 23.7 Å². The van der Waals surface area contributed by atoms with E-state index in [0.717, 1.165) is 19.3 Å². The summed E-state index contributed by atoms with van der Waals surface area (Å²) in [5, 5.41) is 0. The van der Waals surface area contributed by atoms with Gasteiger partial charge in [0.05, 0.1) is 12.2 Å². The summed E-state index contributed by atoms with van der Waals surface area (Å²) in [4.78, 5) is 25.1. The number of carbonyl (C=O) groups is 2. The molecule has 0 saturated heterocycles. The molecule has 0 radical (unpaired) electrons. The van der Waals surface area contributed by atoms with Gasteiger partial charge in [-0.25, -0.2) is 0 Å². The Hall–Kier alpha value is -0.960. The molecular formula is C20H26O3. The van der Waals surface area contributed by atoms with Crippen LogP contribution in [-0.4, -0.2) is 23.8 Å². The highest BCUT2D eigenvalue weighted by molar-refractivity contribution is 5.99. The highest BCUT2D eigenvalue weighted by Crippen LogP contribution is 2.63. The smallest absolute Gasteiger partial charge is 0.147 e. The first-order valence-corrected chi connectivity index (χ1v) is 9.67. The molecule has 7 unspecified atom stereocenters. The summed E-state index contributed by atoms with van der Waals surface area (Å²) in [5.41, 5.74) is 0. The van der Waals surface area contributed by atoms with Crippen molar-refractivity contribution in [3.05, 3.63) is 12.2 Å². The lowest BCUT2D eigenvalue weighted by Gasteiger charge is -2.36. The third-order valence-electron chi connectivity index (χ3n) is 7.34. The van der Waals surface area contributed by atoms with Crippen molar-refractivity contribution in [2.24, 2.45) is 35.5 Å². The average molecular weight is 314 g/mol. The second kappa shape index (κ2) is 5.27. The average Bonchev–Trinajstić information content (AvgIpc) is 3.19. The van der Waals surface area contributed by atoms with Crippen molar-refractivity contribution < 1.29 is 14.3 Å². The summed E-state index contributed by atoms with van der Waals surface area (Å²) < 4.78 is 6.49. The number of allylic oxidation sites excluding steroid dienone is 2. The Morgan fingerprint density at radius 3 is 2.22 bits per heavy atom. The number of fused-ring (bicyclic) bond motifs is 9. The van der Waals surface area contributed by atoms with Crippen molar-refractivity contribution in [1.82, 2.24) is 0 Å². The van der Waals surface area contributed by atoms with Gasteiger partial charge >= 0.3 is 0 Å². The Labute approximate surface area is 137 Å². The first-order chi connectivity index (χ1) is 11.3. The van der Waals surface area contributed by atoms with Crippen LogP contribution in [0.2, 0.25) is 0 Å². The number of ether oxygens (including phenoxy) is 1. The molecule has 124 valence electrons. The number of carbonyl (C=O) groups excluding carboxylic acids is 2. The molecule has 0 spiro atoms. The highest BCUT2D eigenvalue weighted by atomic mass is 16.5. The molecule has 5 aliphatic rings. The van der Waals surface area contributed by atoms with Gasteiger partial charge in [-0.2, -0.15) is 0 Å². The summed E-state index contributed by atoms with van der Waals surface area (Å²) in [6.07, 6.45) is 14.3. The van der Waals surface area contributed by atoms with Crippen molar-refractivity contribution in [2.75, 3.05) is 0 Å². The van der Waals surface area contributed by atoms with Gasteiger partial charge in [-0.3, -0.25) is 9.59 Å². The molecule has 0 aromatic heterocycles. The van der Waals surface area contributed by atoms with E-state index >= 15 is 0 Å². The quantitative estimate of drug-likeness (QED) is 0.580. The van der Waals surface area contributed by atoms with Crippen molar-refractivity contribution in [1.29, 1.82) is 0 Å². The maximum atomic E-state index is 12.8. The zero-order chi connectivity index (χ0) is 15.6. The minimum atomic E-state index is 0.0133. The fourth-order valence-electron chi connectivity index (χ4n) is 6.42. The largest absolute Gasteiger partial charge is 0.374 e. The summed E-state index contributed by atoms with van der Waals surface area (Å²) >= 11 is 0. The molecule has 4 bridgehead atoms. The van der Waals surface area contributed by atoms with E-state index in [1.54, 1.807) is 0 Å². The molecule has 4 saturated carbocycles. The molecule has 0 heterocycles. The van der Waals surface area contributed by atoms with E-state index in [-0.39, 0.29) is 35.7 Å². The van der Waals surface area contributed by atoms with E-state index in [0.29, 0.717) is 23.6 Å². The van der Waals surface area contributed by atoms with Crippen molar-refractivity contribution in [2.45, 2.75) is 63.6 Å². The molecule has 0 aromatic rings. The van der Waals surface area contributed by atoms with E-state index in [1.165, 1.54) is 32.1 Å². The Balaban J connectivity index is 1.33. The monoisotopic (exact) mass is 314 g/mol. The van der Waals surface area contributed by atoms with Crippen LogP contribution in [0.15, 0.2) is 12.2 Å². The van der Waals surface area contributed by atoms with Gasteiger partial charge in [-0.05, 0) is 31.1 Å². The van der Waals surface area contributed by atoms with Crippen molar-refractivity contribution in [3.63, 3.8) is 0 Å². The Bertz CT molecular complexity index is 557. The molecular weight excluding hydrogens is 288 g/mol. The third kappa shape index (κ3) is 1.98. The van der Waals surface area contributed by atoms with Gasteiger partial charge in [0.2, 0.25) is 0 Å². The van der Waals surface area contributed by atoms with Crippen LogP contribution < -0.4 is 0 Å². The predicted molar refractivity (Wildman–Crippen MR) is 85.7 cm³/mol. The first kappa shape index (κ1) is 14.4. The Morgan fingerprint density at radius 1 is 0.826 bits per heavy atom. The highest BCUT2D eigenvalue weighted by Gasteiger charge is 2.68. The number of ketones is 2. The van der Waals surface area contributed by atoms with Crippen LogP contribution in [-0.2, 0) is 14.3 Å². The van der Waals surface area contributed by atoms with Crippen molar-refractivity contribution >= 4 is 11.6 Å². The Morgan fingerprint density at radius 2 is 1.48 bits per heavy atom. The van der Waals surface area contributed by atoms with Gasteiger partial charge in [0.1, 0.15) is 11.6 Å². The zero-order valence-corrected chi connectivity index (χ0v) is 13.7. The van der Waals surface area contributed by atoms with E-state index in [1.807, 2.05) is 0 Å². The minimum Gasteiger partial charge on any atom is -0.374 e. The van der Waals surface area contributed by atoms with E-state index in [2.05, 4.69) is 12.2 Å². The number of Topliss-reactive ketones (excluding diaryl/α,β-unsaturated/α-hetero) is 2. The normalized spacial score (nSPS) is 48.8. The zero-order valence-electron chi connectivity index (χ0n) is 13.7. The predicted octanol–water partition coefficient (Wildman–Crippen LogP) is 3.32. The summed E-state index contributed by atoms with van der Waals surface area (Å²) in [5.74, 6) is 1.57. The number of hydrogen-bond acceptors (Lipinski definition) is 3. The maximum Gasteiger partial charge on any atom is 0.147 e. The van der Waals surface area contributed by atoms with Crippen LogP contribution >= 0.6 is 0 Å². The molecule has 0 amide bonds. The fraction of sp³-hybridized carbons (Fsp3) is 0.800. The minimum absolute atomic E-state index is 0.0133. The summed E-state index contributed by atoms with van der Waals surface area (Å²) in [6.45, 7) is 0. The van der Waals surface area contributed by atoms with E-state index in [4.69, 9.17) is 4.74 Å². The molecule has 5 rings (SSSR count). The molecule has 0 aromatic carbocycles. The SMILES string of the molecule is O=C1C2C=CC1C1C3C(=O)C(CC3OC3CCCCCCC3)C21. The second-order valence-corrected chi connectivity index (χ2v) is 8.41. The van der Waals surface area contributed by atoms with Crippen LogP contribution in [0, 0.1) is 35.5 Å². The van der Waals surface area contributed by atoms with E-state index in [9.17, 15) is 9.59 Å². The summed E-state index contributed by atoms with van der Waals surface area (Å²) in [6, 6.07) is 0. The molecule has 3 nitrogen and oxygen atoms in total. The van der Waals surface area contributed by atoms with Crippen LogP contribution in [0.1, 0.15) is 51.4 Å². The van der Waals surface area contributed by atoms with Crippen LogP contribution in [0.25, 0.3) is 0 Å². The molecule has 3 heteroatoms. The lowest BCUT2D eigenvalue weighted by Crippen LogP contribution is -2.37. The molecule has 23 heavy (non-hydrogen) atoms. The van der Waals surface area contributed by atoms with Crippen LogP contribution in [0.3, 0.4) is 0 Å². The molecule has 0 aliphatic heterocycles. The summed E-state index contributed by atoms with van der Waals surface area (Å²) in [7, 11) is 0. The van der Waals surface area contributed by atoms with Gasteiger partial charge in [-0.1, -0.05) is 44.3 Å². The standard InChI is InChI=1S/C20H26O3/c21-19-12-8-9-13(19)17-16(12)14-10-15(18(17)20(14)22)23-11-6-4-2-1-3-5-7-11/h8-9,11-18H,1-7,10H2. The van der Waals surface area contributed by atoms with Gasteiger partial charge in [0.15, 0.2) is 0 Å². The van der Waals surface area contributed by atoms with Crippen LogP contribution in [0.4, 0.5) is 0 Å². The van der Waals surface area contributed by atoms with Gasteiger partial charge in [0.25, 0.3) is 0 Å². The lowest BCUT2D eigenvalue weighted by atomic mass is 9.72. The first-order valence-electron chi connectivity index (χ1n) is 9.67. The van der Waals surface area contributed by atoms with Crippen molar-refractivity contribution in [3.8, 4) is 0 Å². The third-order valence-corrected chi connectivity index (χ3v) is 7.34. The second-order valence-electron chi connectivity index (χ2n) is 8.41. The maximum absolute atomic E-state index is 12.8. The Kier molecular flexibility index (Phi) is 3.30. The van der Waals surface area contributed by atoms with Crippen LogP contribution in [0.5, 0.6) is 0 Å². The van der Waals surface area contributed by atoms with Gasteiger partial charge < -0.3 is 4.74 Å². The lowest BCUT2D eigenvalue weighted by molar-refractivity contribution is -0.127. The fourth-order valence-corrected chi connectivity index (χ4v) is 6.42. The van der Waals surface area contributed by atoms with E-state index < -0.39 is 0 Å². The number of rotatable bonds is 2. The molecule has 5 aliphatic carbocycles. The molecule has 0 N–H and O–H groups in total. The topological polar surface area (TPSA) is 43.4 Å². The molecule has 4 fully saturated rings.